The van der Waals surface area contributed by atoms with E-state index < -0.39 is 17.9 Å². The lowest BCUT2D eigenvalue weighted by Gasteiger charge is -2.28. The fourth-order valence-corrected chi connectivity index (χ4v) is 2.87. The molecule has 1 aliphatic rings. The minimum absolute atomic E-state index is 0.143. The molecule has 1 rings (SSSR count). The average molecular weight is 298 g/mol. The highest BCUT2D eigenvalue weighted by Crippen LogP contribution is 2.32. The van der Waals surface area contributed by atoms with Crippen molar-refractivity contribution < 1.29 is 23.9 Å². The predicted molar refractivity (Wildman–Crippen MR) is 77.5 cm³/mol. The summed E-state index contributed by atoms with van der Waals surface area (Å²) in [4.78, 5) is 36.4. The topological polar surface area (TPSA) is 69.7 Å². The van der Waals surface area contributed by atoms with Gasteiger partial charge in [-0.05, 0) is 45.4 Å². The highest BCUT2D eigenvalue weighted by molar-refractivity contribution is 6.15. The molecule has 5 heteroatoms. The van der Waals surface area contributed by atoms with Gasteiger partial charge in [-0.2, -0.15) is 0 Å². The van der Waals surface area contributed by atoms with Crippen LogP contribution < -0.4 is 0 Å². The number of hydrogen-bond donors (Lipinski definition) is 0. The molecule has 0 radical (unpaired) electrons. The molecule has 0 aromatic heterocycles. The number of ether oxygens (including phenoxy) is 2. The summed E-state index contributed by atoms with van der Waals surface area (Å²) >= 11 is 0. The summed E-state index contributed by atoms with van der Waals surface area (Å²) in [6.45, 7) is 5.73. The minimum Gasteiger partial charge on any atom is -0.465 e. The predicted octanol–water partition coefficient (Wildman–Crippen LogP) is 2.51. The second kappa shape index (κ2) is 8.80. The molecule has 0 atom stereocenters. The number of esters is 2. The van der Waals surface area contributed by atoms with Gasteiger partial charge in [0.05, 0.1) is 13.2 Å². The van der Waals surface area contributed by atoms with Gasteiger partial charge in [0.2, 0.25) is 5.92 Å². The van der Waals surface area contributed by atoms with Gasteiger partial charge in [-0.15, -0.1) is 0 Å². The van der Waals surface area contributed by atoms with Crippen molar-refractivity contribution in [2.24, 2.45) is 17.8 Å². The van der Waals surface area contributed by atoms with E-state index in [0.717, 1.165) is 32.1 Å². The molecule has 0 spiro atoms. The van der Waals surface area contributed by atoms with Crippen LogP contribution in [0.15, 0.2) is 0 Å². The quantitative estimate of drug-likeness (QED) is 0.533. The van der Waals surface area contributed by atoms with Gasteiger partial charge in [0, 0.05) is 5.92 Å². The summed E-state index contributed by atoms with van der Waals surface area (Å²) in [5.41, 5.74) is 0. The van der Waals surface area contributed by atoms with Gasteiger partial charge in [0.1, 0.15) is 0 Å². The summed E-state index contributed by atoms with van der Waals surface area (Å²) in [7, 11) is 0. The van der Waals surface area contributed by atoms with Gasteiger partial charge in [0.15, 0.2) is 5.78 Å². The van der Waals surface area contributed by atoms with E-state index in [1.54, 1.807) is 13.8 Å². The maximum Gasteiger partial charge on any atom is 0.328 e. The molecule has 0 bridgehead atoms. The highest BCUT2D eigenvalue weighted by Gasteiger charge is 2.41. The van der Waals surface area contributed by atoms with Crippen LogP contribution in [0, 0.1) is 17.8 Å². The van der Waals surface area contributed by atoms with Gasteiger partial charge in [0.25, 0.3) is 0 Å². The number of Topliss-reactive ketones (excluding diaryl/α,β-unsaturated/α-hetero) is 1. The molecular formula is C16H26O5. The van der Waals surface area contributed by atoms with E-state index in [1.165, 1.54) is 0 Å². The first-order valence-corrected chi connectivity index (χ1v) is 7.92. The Kier molecular flexibility index (Phi) is 7.40. The zero-order valence-electron chi connectivity index (χ0n) is 13.2. The SMILES string of the molecule is CCOC(=O)C(C(=O)OCC)C(=O)C1CCC(CC)CC1. The van der Waals surface area contributed by atoms with Crippen molar-refractivity contribution in [1.29, 1.82) is 0 Å². The van der Waals surface area contributed by atoms with E-state index in [-0.39, 0.29) is 24.9 Å². The van der Waals surface area contributed by atoms with Gasteiger partial charge in [-0.3, -0.25) is 14.4 Å². The van der Waals surface area contributed by atoms with Crippen LogP contribution in [-0.2, 0) is 23.9 Å². The van der Waals surface area contributed by atoms with Crippen molar-refractivity contribution in [3.63, 3.8) is 0 Å². The number of rotatable bonds is 7. The Labute approximate surface area is 126 Å². The molecule has 0 aromatic rings. The maximum absolute atomic E-state index is 12.5. The number of hydrogen-bond acceptors (Lipinski definition) is 5. The first-order chi connectivity index (χ1) is 10.0. The Morgan fingerprint density at radius 1 is 0.905 bits per heavy atom. The first-order valence-electron chi connectivity index (χ1n) is 7.92. The molecule has 0 saturated heterocycles. The third-order valence-corrected chi connectivity index (χ3v) is 4.16. The Balaban J connectivity index is 2.75. The second-order valence-electron chi connectivity index (χ2n) is 5.47. The highest BCUT2D eigenvalue weighted by atomic mass is 16.6. The second-order valence-corrected chi connectivity index (χ2v) is 5.47. The van der Waals surface area contributed by atoms with E-state index in [4.69, 9.17) is 9.47 Å². The molecule has 0 aromatic carbocycles. The molecule has 0 N–H and O–H groups in total. The van der Waals surface area contributed by atoms with Crippen LogP contribution in [0.5, 0.6) is 0 Å². The Morgan fingerprint density at radius 3 is 1.76 bits per heavy atom. The maximum atomic E-state index is 12.5. The molecule has 1 saturated carbocycles. The van der Waals surface area contributed by atoms with Crippen molar-refractivity contribution in [3.05, 3.63) is 0 Å². The standard InChI is InChI=1S/C16H26O5/c1-4-11-7-9-12(10-8-11)14(17)13(15(18)20-5-2)16(19)21-6-3/h11-13H,4-10H2,1-3H3. The van der Waals surface area contributed by atoms with Crippen molar-refractivity contribution in [1.82, 2.24) is 0 Å². The largest absolute Gasteiger partial charge is 0.465 e. The van der Waals surface area contributed by atoms with Crippen LogP contribution >= 0.6 is 0 Å². The molecular weight excluding hydrogens is 272 g/mol. The Bertz CT molecular complexity index is 351. The van der Waals surface area contributed by atoms with Crippen LogP contribution in [0.1, 0.15) is 52.9 Å². The Morgan fingerprint density at radius 2 is 1.38 bits per heavy atom. The van der Waals surface area contributed by atoms with Crippen LogP contribution in [0.25, 0.3) is 0 Å². The van der Waals surface area contributed by atoms with Gasteiger partial charge < -0.3 is 9.47 Å². The summed E-state index contributed by atoms with van der Waals surface area (Å²) in [6, 6.07) is 0. The number of carbonyl (C=O) groups excluding carboxylic acids is 3. The van der Waals surface area contributed by atoms with E-state index in [0.29, 0.717) is 5.92 Å². The lowest BCUT2D eigenvalue weighted by molar-refractivity contribution is -0.165. The molecule has 1 aliphatic carbocycles. The van der Waals surface area contributed by atoms with Gasteiger partial charge in [-0.1, -0.05) is 13.3 Å². The number of carbonyl (C=O) groups is 3. The van der Waals surface area contributed by atoms with Crippen LogP contribution in [0.3, 0.4) is 0 Å². The minimum atomic E-state index is -1.41. The molecule has 0 unspecified atom stereocenters. The van der Waals surface area contributed by atoms with Crippen LogP contribution in [0.4, 0.5) is 0 Å². The van der Waals surface area contributed by atoms with E-state index >= 15 is 0 Å². The smallest absolute Gasteiger partial charge is 0.328 e. The molecule has 0 aliphatic heterocycles. The Hall–Kier alpha value is -1.39. The molecule has 0 heterocycles. The molecule has 0 amide bonds. The zero-order chi connectivity index (χ0) is 15.8. The van der Waals surface area contributed by atoms with Gasteiger partial charge in [-0.25, -0.2) is 0 Å². The van der Waals surface area contributed by atoms with E-state index in [2.05, 4.69) is 6.92 Å². The summed E-state index contributed by atoms with van der Waals surface area (Å²) in [6.07, 6.45) is 4.55. The fraction of sp³-hybridized carbons (Fsp3) is 0.812. The molecule has 5 nitrogen and oxygen atoms in total. The van der Waals surface area contributed by atoms with Crippen LogP contribution in [0.2, 0.25) is 0 Å². The molecule has 120 valence electrons. The normalized spacial score (nSPS) is 21.9. The van der Waals surface area contributed by atoms with Crippen molar-refractivity contribution >= 4 is 17.7 Å². The average Bonchev–Trinajstić information content (AvgIpc) is 2.48. The molecule has 21 heavy (non-hydrogen) atoms. The van der Waals surface area contributed by atoms with E-state index in [1.807, 2.05) is 0 Å². The van der Waals surface area contributed by atoms with Crippen molar-refractivity contribution in [2.75, 3.05) is 13.2 Å². The summed E-state index contributed by atoms with van der Waals surface area (Å²) in [5.74, 6) is -2.88. The monoisotopic (exact) mass is 298 g/mol. The zero-order valence-corrected chi connectivity index (χ0v) is 13.2. The molecule has 1 fully saturated rings. The third-order valence-electron chi connectivity index (χ3n) is 4.16. The first kappa shape index (κ1) is 17.7. The van der Waals surface area contributed by atoms with E-state index in [9.17, 15) is 14.4 Å². The third kappa shape index (κ3) is 4.83. The van der Waals surface area contributed by atoms with Crippen molar-refractivity contribution in [3.8, 4) is 0 Å². The summed E-state index contributed by atoms with van der Waals surface area (Å²) < 4.78 is 9.73. The fourth-order valence-electron chi connectivity index (χ4n) is 2.87. The lowest BCUT2D eigenvalue weighted by atomic mass is 9.76. The van der Waals surface area contributed by atoms with Gasteiger partial charge >= 0.3 is 11.9 Å². The van der Waals surface area contributed by atoms with Crippen molar-refractivity contribution in [2.45, 2.75) is 52.9 Å². The van der Waals surface area contributed by atoms with Crippen LogP contribution in [-0.4, -0.2) is 30.9 Å². The lowest BCUT2D eigenvalue weighted by Crippen LogP contribution is -2.39. The summed E-state index contributed by atoms with van der Waals surface area (Å²) in [5, 5.41) is 0. The number of ketones is 1.